The number of rotatable bonds is 5. The van der Waals surface area contributed by atoms with E-state index in [9.17, 15) is 9.90 Å². The standard InChI is InChI=1S/C13H17BrO4/c1-8(2)18-13(16)7-17-12-6-10(14)4-5-11(12)9(3)15/h4-6,8-9,15H,7H2,1-3H3/t9-/m1/s1. The molecule has 0 aromatic heterocycles. The van der Waals surface area contributed by atoms with Crippen LogP contribution in [0.2, 0.25) is 0 Å². The maximum atomic E-state index is 11.4. The van der Waals surface area contributed by atoms with E-state index in [1.54, 1.807) is 39.0 Å². The van der Waals surface area contributed by atoms with Gasteiger partial charge in [0.05, 0.1) is 12.2 Å². The van der Waals surface area contributed by atoms with Crippen molar-refractivity contribution in [3.8, 4) is 5.75 Å². The van der Waals surface area contributed by atoms with Crippen molar-refractivity contribution in [2.75, 3.05) is 6.61 Å². The van der Waals surface area contributed by atoms with Gasteiger partial charge in [-0.3, -0.25) is 0 Å². The predicted octanol–water partition coefficient (Wildman–Crippen LogP) is 2.83. The van der Waals surface area contributed by atoms with E-state index in [2.05, 4.69) is 15.9 Å². The molecule has 0 aliphatic carbocycles. The Kier molecular flexibility index (Phi) is 5.62. The van der Waals surface area contributed by atoms with Crippen molar-refractivity contribution in [2.45, 2.75) is 33.0 Å². The number of esters is 1. The summed E-state index contributed by atoms with van der Waals surface area (Å²) in [7, 11) is 0. The molecule has 0 heterocycles. The topological polar surface area (TPSA) is 55.8 Å². The summed E-state index contributed by atoms with van der Waals surface area (Å²) in [6, 6.07) is 5.27. The third-order valence-corrected chi connectivity index (χ3v) is 2.63. The quantitative estimate of drug-likeness (QED) is 0.849. The summed E-state index contributed by atoms with van der Waals surface area (Å²) < 4.78 is 11.2. The summed E-state index contributed by atoms with van der Waals surface area (Å²) in [6.45, 7) is 5.02. The lowest BCUT2D eigenvalue weighted by atomic mass is 10.1. The first-order valence-corrected chi connectivity index (χ1v) is 6.49. The van der Waals surface area contributed by atoms with Crippen LogP contribution in [0.5, 0.6) is 5.75 Å². The number of carbonyl (C=O) groups excluding carboxylic acids is 1. The minimum atomic E-state index is -0.658. The van der Waals surface area contributed by atoms with Crippen LogP contribution in [-0.4, -0.2) is 23.8 Å². The molecule has 1 rings (SSSR count). The molecule has 4 nitrogen and oxygen atoms in total. The molecule has 0 radical (unpaired) electrons. The molecule has 18 heavy (non-hydrogen) atoms. The third-order valence-electron chi connectivity index (χ3n) is 2.14. The van der Waals surface area contributed by atoms with Crippen LogP contribution in [0.3, 0.4) is 0 Å². The Morgan fingerprint density at radius 3 is 2.61 bits per heavy atom. The van der Waals surface area contributed by atoms with Gasteiger partial charge in [0.15, 0.2) is 6.61 Å². The molecule has 1 atom stereocenters. The van der Waals surface area contributed by atoms with Gasteiger partial charge >= 0.3 is 5.97 Å². The predicted molar refractivity (Wildman–Crippen MR) is 71.5 cm³/mol. The van der Waals surface area contributed by atoms with Crippen LogP contribution in [0.15, 0.2) is 22.7 Å². The molecule has 1 N–H and O–H groups in total. The van der Waals surface area contributed by atoms with E-state index < -0.39 is 12.1 Å². The lowest BCUT2D eigenvalue weighted by Gasteiger charge is -2.14. The second kappa shape index (κ2) is 6.75. The van der Waals surface area contributed by atoms with Crippen LogP contribution in [0.25, 0.3) is 0 Å². The van der Waals surface area contributed by atoms with Gasteiger partial charge in [-0.2, -0.15) is 0 Å². The van der Waals surface area contributed by atoms with Crippen molar-refractivity contribution < 1.29 is 19.4 Å². The van der Waals surface area contributed by atoms with Crippen molar-refractivity contribution in [2.24, 2.45) is 0 Å². The fourth-order valence-corrected chi connectivity index (χ4v) is 1.75. The molecule has 0 fully saturated rings. The lowest BCUT2D eigenvalue weighted by molar-refractivity contribution is -0.149. The zero-order valence-corrected chi connectivity index (χ0v) is 12.2. The van der Waals surface area contributed by atoms with E-state index in [1.165, 1.54) is 0 Å². The molecule has 0 bridgehead atoms. The van der Waals surface area contributed by atoms with E-state index in [1.807, 2.05) is 0 Å². The molecule has 0 spiro atoms. The lowest BCUT2D eigenvalue weighted by Crippen LogP contribution is -2.19. The molecule has 0 saturated carbocycles. The van der Waals surface area contributed by atoms with E-state index >= 15 is 0 Å². The van der Waals surface area contributed by atoms with Crippen LogP contribution in [0.1, 0.15) is 32.4 Å². The highest BCUT2D eigenvalue weighted by molar-refractivity contribution is 9.10. The molecular weight excluding hydrogens is 300 g/mol. The molecule has 0 aliphatic rings. The number of aliphatic hydroxyl groups is 1. The summed E-state index contributed by atoms with van der Waals surface area (Å²) in [5.41, 5.74) is 0.635. The second-order valence-corrected chi connectivity index (χ2v) is 5.10. The molecule has 0 aliphatic heterocycles. The minimum absolute atomic E-state index is 0.167. The maximum absolute atomic E-state index is 11.4. The number of carbonyl (C=O) groups is 1. The van der Waals surface area contributed by atoms with Gasteiger partial charge in [0.2, 0.25) is 0 Å². The summed E-state index contributed by atoms with van der Waals surface area (Å²) in [4.78, 5) is 11.4. The fourth-order valence-electron chi connectivity index (χ4n) is 1.41. The van der Waals surface area contributed by atoms with Gasteiger partial charge in [-0.15, -0.1) is 0 Å². The minimum Gasteiger partial charge on any atom is -0.481 e. The Balaban J connectivity index is 2.71. The number of hydrogen-bond donors (Lipinski definition) is 1. The number of aliphatic hydroxyl groups excluding tert-OH is 1. The van der Waals surface area contributed by atoms with Gasteiger partial charge in [-0.05, 0) is 32.9 Å². The van der Waals surface area contributed by atoms with Crippen LogP contribution >= 0.6 is 15.9 Å². The Bertz CT molecular complexity index is 415. The molecule has 0 unspecified atom stereocenters. The average molecular weight is 317 g/mol. The van der Waals surface area contributed by atoms with Gasteiger partial charge in [0.1, 0.15) is 5.75 Å². The summed E-state index contributed by atoms with van der Waals surface area (Å²) in [5.74, 6) is 0.0431. The highest BCUT2D eigenvalue weighted by Crippen LogP contribution is 2.28. The highest BCUT2D eigenvalue weighted by atomic mass is 79.9. The van der Waals surface area contributed by atoms with Crippen molar-refractivity contribution in [1.29, 1.82) is 0 Å². The number of hydrogen-bond acceptors (Lipinski definition) is 4. The van der Waals surface area contributed by atoms with Crippen LogP contribution in [0.4, 0.5) is 0 Å². The molecule has 1 aromatic carbocycles. The second-order valence-electron chi connectivity index (χ2n) is 4.19. The van der Waals surface area contributed by atoms with Gasteiger partial charge in [-0.1, -0.05) is 22.0 Å². The van der Waals surface area contributed by atoms with E-state index in [4.69, 9.17) is 9.47 Å². The maximum Gasteiger partial charge on any atom is 0.344 e. The van der Waals surface area contributed by atoms with Crippen molar-refractivity contribution in [1.82, 2.24) is 0 Å². The molecule has 0 saturated heterocycles. The molecular formula is C13H17BrO4. The van der Waals surface area contributed by atoms with Gasteiger partial charge in [0, 0.05) is 10.0 Å². The Morgan fingerprint density at radius 1 is 1.39 bits per heavy atom. The number of benzene rings is 1. The van der Waals surface area contributed by atoms with Crippen LogP contribution in [-0.2, 0) is 9.53 Å². The Hall–Kier alpha value is -1.07. The normalized spacial score (nSPS) is 12.3. The van der Waals surface area contributed by atoms with Gasteiger partial charge < -0.3 is 14.6 Å². The smallest absolute Gasteiger partial charge is 0.344 e. The first kappa shape index (κ1) is 15.0. The van der Waals surface area contributed by atoms with Crippen molar-refractivity contribution in [3.05, 3.63) is 28.2 Å². The van der Waals surface area contributed by atoms with Crippen molar-refractivity contribution >= 4 is 21.9 Å². The number of ether oxygens (including phenoxy) is 2. The number of halogens is 1. The largest absolute Gasteiger partial charge is 0.481 e. The zero-order chi connectivity index (χ0) is 13.7. The summed E-state index contributed by atoms with van der Waals surface area (Å²) >= 11 is 3.31. The third kappa shape index (κ3) is 4.66. The summed E-state index contributed by atoms with van der Waals surface area (Å²) in [5, 5.41) is 9.59. The van der Waals surface area contributed by atoms with E-state index in [-0.39, 0.29) is 12.7 Å². The molecule has 0 amide bonds. The Morgan fingerprint density at radius 2 is 2.06 bits per heavy atom. The summed E-state index contributed by atoms with van der Waals surface area (Å²) in [6.07, 6.45) is -0.825. The SMILES string of the molecule is CC(C)OC(=O)COc1cc(Br)ccc1[C@@H](C)O. The molecule has 5 heteroatoms. The monoisotopic (exact) mass is 316 g/mol. The zero-order valence-electron chi connectivity index (χ0n) is 10.6. The van der Waals surface area contributed by atoms with Crippen LogP contribution in [0, 0.1) is 0 Å². The Labute approximate surface area is 115 Å². The fraction of sp³-hybridized carbons (Fsp3) is 0.462. The molecule has 100 valence electrons. The van der Waals surface area contributed by atoms with Gasteiger partial charge in [0.25, 0.3) is 0 Å². The van der Waals surface area contributed by atoms with E-state index in [0.29, 0.717) is 11.3 Å². The molecule has 1 aromatic rings. The van der Waals surface area contributed by atoms with E-state index in [0.717, 1.165) is 4.47 Å². The first-order chi connectivity index (χ1) is 8.40. The van der Waals surface area contributed by atoms with Crippen LogP contribution < -0.4 is 4.74 Å². The average Bonchev–Trinajstić information content (AvgIpc) is 2.25. The highest BCUT2D eigenvalue weighted by Gasteiger charge is 2.12. The van der Waals surface area contributed by atoms with Gasteiger partial charge in [-0.25, -0.2) is 4.79 Å². The van der Waals surface area contributed by atoms with Crippen molar-refractivity contribution in [3.63, 3.8) is 0 Å². The first-order valence-electron chi connectivity index (χ1n) is 5.70.